The first-order valence-corrected chi connectivity index (χ1v) is 6.53. The summed E-state index contributed by atoms with van der Waals surface area (Å²) in [5, 5.41) is 5.86. The van der Waals surface area contributed by atoms with Crippen LogP contribution >= 0.6 is 0 Å². The van der Waals surface area contributed by atoms with Gasteiger partial charge in [-0.3, -0.25) is 4.79 Å². The van der Waals surface area contributed by atoms with E-state index in [9.17, 15) is 13.6 Å². The molecule has 0 aromatic carbocycles. The number of ether oxygens (including phenoxy) is 1. The zero-order chi connectivity index (χ0) is 14.4. The Morgan fingerprint density at radius 1 is 1.55 bits per heavy atom. The minimum Gasteiger partial charge on any atom is -0.472 e. The van der Waals surface area contributed by atoms with Crippen molar-refractivity contribution in [1.29, 1.82) is 0 Å². The van der Waals surface area contributed by atoms with E-state index in [1.54, 1.807) is 12.1 Å². The molecule has 1 aromatic heterocycles. The molecule has 1 saturated heterocycles. The number of hydrogen-bond acceptors (Lipinski definition) is 4. The first-order chi connectivity index (χ1) is 9.65. The fraction of sp³-hybridized carbons (Fsp3) is 0.538. The SMILES string of the molecule is O=C(NCc1cccc(OCC(F)F)n1)C1CCCN1. The van der Waals surface area contributed by atoms with Gasteiger partial charge in [-0.2, -0.15) is 0 Å². The molecule has 1 atom stereocenters. The molecule has 2 heterocycles. The van der Waals surface area contributed by atoms with E-state index in [4.69, 9.17) is 4.74 Å². The monoisotopic (exact) mass is 285 g/mol. The summed E-state index contributed by atoms with van der Waals surface area (Å²) >= 11 is 0. The van der Waals surface area contributed by atoms with Crippen LogP contribution in [0, 0.1) is 0 Å². The number of carbonyl (C=O) groups is 1. The Morgan fingerprint density at radius 3 is 3.10 bits per heavy atom. The summed E-state index contributed by atoms with van der Waals surface area (Å²) in [5.74, 6) is 0.0687. The largest absolute Gasteiger partial charge is 0.472 e. The van der Waals surface area contributed by atoms with Gasteiger partial charge in [-0.15, -0.1) is 0 Å². The van der Waals surface area contributed by atoms with E-state index in [0.29, 0.717) is 5.69 Å². The van der Waals surface area contributed by atoms with Gasteiger partial charge in [-0.1, -0.05) is 6.07 Å². The van der Waals surface area contributed by atoms with Crippen molar-refractivity contribution < 1.29 is 18.3 Å². The third kappa shape index (κ3) is 4.41. The molecule has 0 aliphatic carbocycles. The predicted octanol–water partition coefficient (Wildman–Crippen LogP) is 1.09. The van der Waals surface area contributed by atoms with Crippen LogP contribution in [0.5, 0.6) is 5.88 Å². The predicted molar refractivity (Wildman–Crippen MR) is 68.6 cm³/mol. The number of rotatable bonds is 6. The van der Waals surface area contributed by atoms with Crippen molar-refractivity contribution in [2.75, 3.05) is 13.2 Å². The summed E-state index contributed by atoms with van der Waals surface area (Å²) in [6.45, 7) is 0.422. The van der Waals surface area contributed by atoms with Crippen LogP contribution in [0.3, 0.4) is 0 Å². The van der Waals surface area contributed by atoms with Crippen LogP contribution in [0.1, 0.15) is 18.5 Å². The molecule has 0 spiro atoms. The summed E-state index contributed by atoms with van der Waals surface area (Å²) in [6, 6.07) is 4.72. The second-order valence-corrected chi connectivity index (χ2v) is 4.54. The molecule has 1 unspecified atom stereocenters. The topological polar surface area (TPSA) is 63.2 Å². The Morgan fingerprint density at radius 2 is 2.40 bits per heavy atom. The molecule has 110 valence electrons. The highest BCUT2D eigenvalue weighted by Gasteiger charge is 2.21. The maximum Gasteiger partial charge on any atom is 0.272 e. The van der Waals surface area contributed by atoms with E-state index in [2.05, 4.69) is 15.6 Å². The van der Waals surface area contributed by atoms with Crippen molar-refractivity contribution in [3.8, 4) is 5.88 Å². The molecule has 20 heavy (non-hydrogen) atoms. The Hall–Kier alpha value is -1.76. The molecule has 1 fully saturated rings. The second kappa shape index (κ2) is 7.14. The Kier molecular flexibility index (Phi) is 5.23. The van der Waals surface area contributed by atoms with Gasteiger partial charge in [0.2, 0.25) is 11.8 Å². The maximum absolute atomic E-state index is 12.0. The van der Waals surface area contributed by atoms with Crippen molar-refractivity contribution in [2.45, 2.75) is 31.9 Å². The molecule has 1 aliphatic rings. The summed E-state index contributed by atoms with van der Waals surface area (Å²) in [5.41, 5.74) is 0.572. The average Bonchev–Trinajstić information content (AvgIpc) is 2.97. The van der Waals surface area contributed by atoms with E-state index >= 15 is 0 Å². The average molecular weight is 285 g/mol. The molecule has 0 radical (unpaired) electrons. The molecule has 7 heteroatoms. The quantitative estimate of drug-likeness (QED) is 0.821. The molecular formula is C13H17F2N3O2. The van der Waals surface area contributed by atoms with E-state index in [1.165, 1.54) is 6.07 Å². The third-order valence-corrected chi connectivity index (χ3v) is 2.96. The van der Waals surface area contributed by atoms with Gasteiger partial charge in [0.25, 0.3) is 6.43 Å². The number of alkyl halides is 2. The van der Waals surface area contributed by atoms with Gasteiger partial charge in [-0.25, -0.2) is 13.8 Å². The number of halogens is 2. The van der Waals surface area contributed by atoms with Gasteiger partial charge in [0.1, 0.15) is 0 Å². The smallest absolute Gasteiger partial charge is 0.272 e. The highest BCUT2D eigenvalue weighted by Crippen LogP contribution is 2.09. The van der Waals surface area contributed by atoms with Gasteiger partial charge in [0.05, 0.1) is 18.3 Å². The lowest BCUT2D eigenvalue weighted by Crippen LogP contribution is -2.40. The lowest BCUT2D eigenvalue weighted by atomic mass is 10.2. The first-order valence-electron chi connectivity index (χ1n) is 6.53. The lowest BCUT2D eigenvalue weighted by molar-refractivity contribution is -0.122. The fourth-order valence-electron chi connectivity index (χ4n) is 1.99. The zero-order valence-corrected chi connectivity index (χ0v) is 10.9. The van der Waals surface area contributed by atoms with Crippen LogP contribution in [0.15, 0.2) is 18.2 Å². The molecule has 5 nitrogen and oxygen atoms in total. The zero-order valence-electron chi connectivity index (χ0n) is 10.9. The number of nitrogens with one attached hydrogen (secondary N) is 2. The van der Waals surface area contributed by atoms with Crippen LogP contribution < -0.4 is 15.4 Å². The standard InChI is InChI=1S/C13H17F2N3O2/c14-11(15)8-20-12-5-1-3-9(18-12)7-17-13(19)10-4-2-6-16-10/h1,3,5,10-11,16H,2,4,6-8H2,(H,17,19). The number of hydrogen-bond donors (Lipinski definition) is 2. The van der Waals surface area contributed by atoms with E-state index in [1.807, 2.05) is 0 Å². The van der Waals surface area contributed by atoms with Gasteiger partial charge in [0, 0.05) is 6.07 Å². The number of amides is 1. The molecule has 1 aromatic rings. The van der Waals surface area contributed by atoms with Crippen molar-refractivity contribution in [3.05, 3.63) is 23.9 Å². The molecule has 0 bridgehead atoms. The van der Waals surface area contributed by atoms with Gasteiger partial charge in [-0.05, 0) is 25.5 Å². The lowest BCUT2D eigenvalue weighted by Gasteiger charge is -2.11. The van der Waals surface area contributed by atoms with Gasteiger partial charge >= 0.3 is 0 Å². The number of nitrogens with zero attached hydrogens (tertiary/aromatic N) is 1. The van der Waals surface area contributed by atoms with Crippen LogP contribution in [-0.4, -0.2) is 36.5 Å². The minimum atomic E-state index is -2.53. The van der Waals surface area contributed by atoms with Crippen molar-refractivity contribution in [3.63, 3.8) is 0 Å². The molecule has 2 rings (SSSR count). The van der Waals surface area contributed by atoms with E-state index in [-0.39, 0.29) is 24.4 Å². The van der Waals surface area contributed by atoms with Crippen LogP contribution in [0.4, 0.5) is 8.78 Å². The number of aromatic nitrogens is 1. The van der Waals surface area contributed by atoms with Crippen LogP contribution in [-0.2, 0) is 11.3 Å². The Bertz CT molecular complexity index is 451. The summed E-state index contributed by atoms with van der Waals surface area (Å²) in [7, 11) is 0. The van der Waals surface area contributed by atoms with Gasteiger partial charge < -0.3 is 15.4 Å². The molecule has 1 amide bonds. The first kappa shape index (κ1) is 14.6. The highest BCUT2D eigenvalue weighted by atomic mass is 19.3. The van der Waals surface area contributed by atoms with Gasteiger partial charge in [0.15, 0.2) is 6.61 Å². The second-order valence-electron chi connectivity index (χ2n) is 4.54. The van der Waals surface area contributed by atoms with E-state index in [0.717, 1.165) is 19.4 Å². The molecule has 0 saturated carbocycles. The van der Waals surface area contributed by atoms with Crippen LogP contribution in [0.25, 0.3) is 0 Å². The minimum absolute atomic E-state index is 0.0665. The van der Waals surface area contributed by atoms with Crippen molar-refractivity contribution in [1.82, 2.24) is 15.6 Å². The summed E-state index contributed by atoms with van der Waals surface area (Å²) in [4.78, 5) is 15.8. The molecular weight excluding hydrogens is 268 g/mol. The third-order valence-electron chi connectivity index (χ3n) is 2.96. The maximum atomic E-state index is 12.0. The molecule has 2 N–H and O–H groups in total. The summed E-state index contributed by atoms with van der Waals surface area (Å²) in [6.07, 6.45) is -0.710. The highest BCUT2D eigenvalue weighted by molar-refractivity contribution is 5.81. The number of pyridine rings is 1. The Labute approximate surface area is 115 Å². The van der Waals surface area contributed by atoms with Crippen molar-refractivity contribution in [2.24, 2.45) is 0 Å². The summed E-state index contributed by atoms with van der Waals surface area (Å²) < 4.78 is 28.9. The normalized spacial score (nSPS) is 18.2. The number of carbonyl (C=O) groups excluding carboxylic acids is 1. The fourth-order valence-corrected chi connectivity index (χ4v) is 1.99. The van der Waals surface area contributed by atoms with Crippen molar-refractivity contribution >= 4 is 5.91 Å². The van der Waals surface area contributed by atoms with E-state index < -0.39 is 13.0 Å². The Balaban J connectivity index is 1.82. The molecule has 1 aliphatic heterocycles. The van der Waals surface area contributed by atoms with Crippen LogP contribution in [0.2, 0.25) is 0 Å².